The Bertz CT molecular complexity index is 749. The van der Waals surface area contributed by atoms with E-state index in [9.17, 15) is 0 Å². The zero-order valence-corrected chi connectivity index (χ0v) is 14.0. The summed E-state index contributed by atoms with van der Waals surface area (Å²) >= 11 is 0. The molecule has 0 spiro atoms. The van der Waals surface area contributed by atoms with Crippen LogP contribution in [0.15, 0.2) is 66.3 Å². The average Bonchev–Trinajstić information content (AvgIpc) is 2.63. The second-order valence-electron chi connectivity index (χ2n) is 6.19. The van der Waals surface area contributed by atoms with Crippen molar-refractivity contribution in [3.05, 3.63) is 71.9 Å². The van der Waals surface area contributed by atoms with Gasteiger partial charge in [0.1, 0.15) is 12.4 Å². The topological polar surface area (TPSA) is 36.3 Å². The summed E-state index contributed by atoms with van der Waals surface area (Å²) in [7, 11) is 2.13. The molecule has 1 aliphatic heterocycles. The van der Waals surface area contributed by atoms with Gasteiger partial charge in [0.25, 0.3) is 0 Å². The van der Waals surface area contributed by atoms with Crippen molar-refractivity contribution >= 4 is 5.57 Å². The smallest absolute Gasteiger partial charge is 0.127 e. The molecule has 0 N–H and O–H groups in total. The fourth-order valence-electron chi connectivity index (χ4n) is 2.98. The molecule has 1 aromatic carbocycles. The number of nitrogens with zero attached hydrogens (tertiary/aromatic N) is 2. The number of ether oxygens (including phenoxy) is 1. The van der Waals surface area contributed by atoms with E-state index in [2.05, 4.69) is 54.5 Å². The van der Waals surface area contributed by atoms with E-state index in [1.807, 2.05) is 24.3 Å². The third kappa shape index (κ3) is 4.04. The summed E-state index contributed by atoms with van der Waals surface area (Å²) in [5, 5.41) is 8.84. The molecule has 1 heterocycles. The third-order valence-corrected chi connectivity index (χ3v) is 4.30. The highest BCUT2D eigenvalue weighted by atomic mass is 16.5. The Morgan fingerprint density at radius 3 is 3.00 bits per heavy atom. The van der Waals surface area contributed by atoms with Gasteiger partial charge in [0, 0.05) is 24.2 Å². The third-order valence-electron chi connectivity index (χ3n) is 4.30. The molecule has 0 bridgehead atoms. The van der Waals surface area contributed by atoms with Crippen LogP contribution in [-0.2, 0) is 0 Å². The van der Waals surface area contributed by atoms with Crippen molar-refractivity contribution < 1.29 is 4.74 Å². The minimum absolute atomic E-state index is 0.401. The molecule has 0 aromatic heterocycles. The van der Waals surface area contributed by atoms with Gasteiger partial charge >= 0.3 is 0 Å². The number of likely N-dealkylation sites (N-methyl/N-ethyl adjacent to an activating group) is 1. The normalized spacial score (nSPS) is 19.5. The predicted octanol–water partition coefficient (Wildman–Crippen LogP) is 3.98. The minimum atomic E-state index is 0.401. The molecule has 1 aliphatic carbocycles. The highest BCUT2D eigenvalue weighted by Gasteiger charge is 2.14. The molecular formula is C21H22N2O. The molecule has 0 amide bonds. The van der Waals surface area contributed by atoms with E-state index in [1.165, 1.54) is 11.1 Å². The van der Waals surface area contributed by atoms with Gasteiger partial charge in [-0.05, 0) is 43.2 Å². The Kier molecular flexibility index (Phi) is 5.30. The van der Waals surface area contributed by atoms with Crippen LogP contribution >= 0.6 is 0 Å². The van der Waals surface area contributed by atoms with Crippen LogP contribution in [0.3, 0.4) is 0 Å². The van der Waals surface area contributed by atoms with E-state index < -0.39 is 0 Å². The molecule has 0 fully saturated rings. The molecule has 3 nitrogen and oxygen atoms in total. The molecule has 0 radical (unpaired) electrons. The lowest BCUT2D eigenvalue weighted by Gasteiger charge is -2.22. The second kappa shape index (κ2) is 7.81. The van der Waals surface area contributed by atoms with Crippen LogP contribution in [0.1, 0.15) is 12.0 Å². The van der Waals surface area contributed by atoms with Crippen molar-refractivity contribution in [1.82, 2.24) is 4.90 Å². The van der Waals surface area contributed by atoms with Gasteiger partial charge in [0.05, 0.1) is 6.07 Å². The standard InChI is InChI=1S/C21H22N2O/c1-23(13-4-5-17-8-10-18(15-22)11-9-17)16-19-12-14-24-21-7-3-2-6-20(19)21/h2-8,10-12,17H,9,13-14,16H2,1H3/b5-4+. The molecule has 0 saturated heterocycles. The highest BCUT2D eigenvalue weighted by molar-refractivity contribution is 5.73. The lowest BCUT2D eigenvalue weighted by atomic mass is 9.97. The predicted molar refractivity (Wildman–Crippen MR) is 97.5 cm³/mol. The largest absolute Gasteiger partial charge is 0.489 e. The van der Waals surface area contributed by atoms with E-state index in [1.54, 1.807) is 0 Å². The van der Waals surface area contributed by atoms with Crippen LogP contribution in [0.4, 0.5) is 0 Å². The van der Waals surface area contributed by atoms with E-state index >= 15 is 0 Å². The molecule has 0 saturated carbocycles. The van der Waals surface area contributed by atoms with Gasteiger partial charge in [0.15, 0.2) is 0 Å². The Morgan fingerprint density at radius 2 is 2.21 bits per heavy atom. The molecule has 3 heteroatoms. The first-order valence-electron chi connectivity index (χ1n) is 8.31. The van der Waals surface area contributed by atoms with Crippen LogP contribution in [0, 0.1) is 17.2 Å². The zero-order chi connectivity index (χ0) is 16.8. The van der Waals surface area contributed by atoms with Crippen LogP contribution < -0.4 is 4.74 Å². The Labute approximate surface area is 143 Å². The average molecular weight is 318 g/mol. The van der Waals surface area contributed by atoms with Crippen molar-refractivity contribution in [2.45, 2.75) is 6.42 Å². The zero-order valence-electron chi connectivity index (χ0n) is 14.0. The number of hydrogen-bond donors (Lipinski definition) is 0. The summed E-state index contributed by atoms with van der Waals surface area (Å²) in [5.74, 6) is 1.38. The highest BCUT2D eigenvalue weighted by Crippen LogP contribution is 2.29. The van der Waals surface area contributed by atoms with E-state index in [0.29, 0.717) is 12.5 Å². The molecule has 3 rings (SSSR count). The molecular weight excluding hydrogens is 296 g/mol. The first-order chi connectivity index (χ1) is 11.8. The van der Waals surface area contributed by atoms with Gasteiger partial charge in [-0.25, -0.2) is 0 Å². The van der Waals surface area contributed by atoms with E-state index in [4.69, 9.17) is 10.00 Å². The maximum Gasteiger partial charge on any atom is 0.127 e. The van der Waals surface area contributed by atoms with Crippen LogP contribution in [0.2, 0.25) is 0 Å². The fourth-order valence-corrected chi connectivity index (χ4v) is 2.98. The van der Waals surface area contributed by atoms with Crippen LogP contribution in [-0.4, -0.2) is 31.6 Å². The SMILES string of the molecule is CN(C/C=C/C1C=CC(C#N)=CC1)CC1=CCOc2ccccc21. The number of para-hydroxylation sites is 1. The van der Waals surface area contributed by atoms with Crippen molar-refractivity contribution in [2.24, 2.45) is 5.92 Å². The molecule has 1 atom stereocenters. The molecule has 1 unspecified atom stereocenters. The molecule has 2 aliphatic rings. The number of hydrogen-bond acceptors (Lipinski definition) is 3. The summed E-state index contributed by atoms with van der Waals surface area (Å²) in [6, 6.07) is 10.4. The van der Waals surface area contributed by atoms with Crippen molar-refractivity contribution in [2.75, 3.05) is 26.7 Å². The summed E-state index contributed by atoms with van der Waals surface area (Å²) in [4.78, 5) is 2.30. The summed E-state index contributed by atoms with van der Waals surface area (Å²) < 4.78 is 5.67. The quantitative estimate of drug-likeness (QED) is 0.771. The van der Waals surface area contributed by atoms with Crippen LogP contribution in [0.5, 0.6) is 5.75 Å². The van der Waals surface area contributed by atoms with Gasteiger partial charge in [-0.2, -0.15) is 5.26 Å². The van der Waals surface area contributed by atoms with Crippen molar-refractivity contribution in [3.8, 4) is 11.8 Å². The lowest BCUT2D eigenvalue weighted by molar-refractivity contribution is 0.352. The van der Waals surface area contributed by atoms with Gasteiger partial charge < -0.3 is 4.74 Å². The van der Waals surface area contributed by atoms with E-state index in [0.717, 1.165) is 30.8 Å². The van der Waals surface area contributed by atoms with Crippen molar-refractivity contribution in [3.63, 3.8) is 0 Å². The van der Waals surface area contributed by atoms with Gasteiger partial charge in [-0.3, -0.25) is 4.90 Å². The number of rotatable bonds is 5. The van der Waals surface area contributed by atoms with E-state index in [-0.39, 0.29) is 0 Å². The first-order valence-corrected chi connectivity index (χ1v) is 8.31. The fraction of sp³-hybridized carbons (Fsp3) is 0.286. The van der Waals surface area contributed by atoms with Crippen LogP contribution in [0.25, 0.3) is 5.57 Å². The summed E-state index contributed by atoms with van der Waals surface area (Å²) in [6.45, 7) is 2.46. The van der Waals surface area contributed by atoms with Gasteiger partial charge in [0.2, 0.25) is 0 Å². The second-order valence-corrected chi connectivity index (χ2v) is 6.19. The summed E-state index contributed by atoms with van der Waals surface area (Å²) in [5.41, 5.74) is 3.29. The molecule has 1 aromatic rings. The Balaban J connectivity index is 1.52. The van der Waals surface area contributed by atoms with Gasteiger partial charge in [-0.15, -0.1) is 0 Å². The molecule has 24 heavy (non-hydrogen) atoms. The minimum Gasteiger partial charge on any atom is -0.489 e. The summed E-state index contributed by atoms with van der Waals surface area (Å²) in [6.07, 6.45) is 13.5. The van der Waals surface area contributed by atoms with Crippen molar-refractivity contribution in [1.29, 1.82) is 5.26 Å². The monoisotopic (exact) mass is 318 g/mol. The first kappa shape index (κ1) is 16.3. The number of benzene rings is 1. The Morgan fingerprint density at radius 1 is 1.33 bits per heavy atom. The maximum absolute atomic E-state index is 8.84. The number of allylic oxidation sites excluding steroid dienone is 5. The lowest BCUT2D eigenvalue weighted by Crippen LogP contribution is -2.22. The number of nitriles is 1. The Hall–Kier alpha value is -2.57. The maximum atomic E-state index is 8.84. The number of fused-ring (bicyclic) bond motifs is 1. The van der Waals surface area contributed by atoms with Gasteiger partial charge in [-0.1, -0.05) is 42.5 Å². The molecule has 122 valence electrons.